The van der Waals surface area contributed by atoms with Crippen molar-refractivity contribution in [3.8, 4) is 5.75 Å². The van der Waals surface area contributed by atoms with Gasteiger partial charge in [-0.15, -0.1) is 0 Å². The third-order valence-electron chi connectivity index (χ3n) is 15.5. The minimum absolute atomic E-state index is 0.0508. The Morgan fingerprint density at radius 1 is 0.423 bits per heavy atom. The van der Waals surface area contributed by atoms with Crippen molar-refractivity contribution >= 4 is 124 Å². The highest BCUT2D eigenvalue weighted by Gasteiger charge is 2.32. The average Bonchev–Trinajstić information content (AvgIpc) is 0.784. The summed E-state index contributed by atoms with van der Waals surface area (Å²) >= 11 is 0. The SMILES string of the molecule is CCCCOC(=O)Nc1ccncc1.CCCCOC(=O)Nc1cnccc1N.CCCOC(=O)Nc1cnccc1N.COC(=O)Nc1ccncc1.COC(=O)Nc1ccncc1C.COC(=O)Nc1cnccc1N.Cc1cc(C)c(OP(=O)(O)O)c(C(C)(C)CC(=O)Nc2ccncc2N)c1.N[C@@H](Cc1ccccc1)C(=O)Nc1ccncc1. The zero-order valence-corrected chi connectivity index (χ0v) is 71.0. The number of ether oxygens (including phenoxy) is 6. The minimum atomic E-state index is -4.75. The molecule has 0 aliphatic heterocycles. The number of unbranched alkanes of at least 4 members (excludes halogenated alkanes) is 2. The molecule has 40 heteroatoms. The molecule has 10 aromatic rings. The maximum absolute atomic E-state index is 12.5. The number of hydrogen-bond donors (Lipinski definition) is 15. The number of phosphoric ester groups is 1. The van der Waals surface area contributed by atoms with Gasteiger partial charge in [-0.25, -0.2) is 33.3 Å². The number of methoxy groups -OCH3 is 3. The van der Waals surface area contributed by atoms with Gasteiger partial charge in [0.1, 0.15) is 5.75 Å². The molecule has 0 aliphatic carbocycles. The van der Waals surface area contributed by atoms with E-state index >= 15 is 0 Å². The summed E-state index contributed by atoms with van der Waals surface area (Å²) in [6.45, 7) is 16.3. The van der Waals surface area contributed by atoms with Crippen molar-refractivity contribution in [2.45, 2.75) is 112 Å². The number of amides is 8. The third kappa shape index (κ3) is 44.1. The first-order valence-corrected chi connectivity index (χ1v) is 39.3. The van der Waals surface area contributed by atoms with E-state index in [1.807, 2.05) is 78.8 Å². The number of nitrogen functional groups attached to an aromatic ring is 4. The molecule has 10 rings (SSSR count). The van der Waals surface area contributed by atoms with Gasteiger partial charge < -0.3 is 72.2 Å². The number of carbonyl (C=O) groups is 8. The Bertz CT molecular complexity index is 4840. The van der Waals surface area contributed by atoms with Crippen LogP contribution in [0.4, 0.5) is 97.0 Å². The summed E-state index contributed by atoms with van der Waals surface area (Å²) in [6.07, 6.45) is 27.1. The Balaban J connectivity index is 0.000000370. The lowest BCUT2D eigenvalue weighted by Crippen LogP contribution is -2.37. The van der Waals surface area contributed by atoms with Crippen molar-refractivity contribution in [2.75, 3.05) is 107 Å². The van der Waals surface area contributed by atoms with E-state index in [0.717, 1.165) is 54.5 Å². The number of aryl methyl sites for hydroxylation is 3. The number of nitrogens with one attached hydrogen (secondary N) is 8. The zero-order valence-electron chi connectivity index (χ0n) is 70.1. The standard InChI is InChI=1S/C18H24N3O5P.C14H15N3O.C10H15N3O2.C10H14N2O2.C9H13N3O2.C8H10N2O2.C7H9N3O2.C7H8N2O2/c1-11-7-12(2)17(26-27(23,24)25)13(8-11)18(3,4)9-16(22)21-15-5-6-20-10-14(15)19;15-13(10-11-4-2-1-3-5-11)14(18)17-12-6-8-16-9-7-12;1-2-3-6-15-10(14)13-9-7-12-5-4-8(9)11;1-2-3-8-14-10(13)12-9-4-6-11-7-5-9;1-2-5-14-9(13)12-8-6-11-4-3-7(8)10;1-6-5-9-4-3-7(6)10-8(11)12-2;1-12-7(11)10-6-4-9-3-2-5(6)8;1-11-7(10)9-6-2-4-8-5-3-6/h5-8,10H,9,19H2,1-4H3,(H,20,21,22)(H2,23,24,25);1-9,13H,10,15H2,(H,16,17,18);4-5,7H,2-3,6H2,1H3,(H2,11,12)(H,13,14);4-7H,2-3,8H2,1H3,(H,11,12,13);3-4,6H,2,5H2,1H3,(H2,10,11)(H,12,13);3-5H,1-2H3,(H,9,10,11);2-4H,1H3,(H2,8,9)(H,10,11);2-5H,1H3,(H,8,9,10)/t;13-;;;;;;/m.0....../s1. The summed E-state index contributed by atoms with van der Waals surface area (Å²) in [5, 5.41) is 20.6. The molecule has 0 saturated heterocycles. The lowest BCUT2D eigenvalue weighted by Gasteiger charge is -2.28. The summed E-state index contributed by atoms with van der Waals surface area (Å²) in [5.74, 6) is -0.389. The zero-order chi connectivity index (χ0) is 91.0. The topological polar surface area (TPSA) is 588 Å². The highest BCUT2D eigenvalue weighted by Crippen LogP contribution is 2.45. The molecule has 2 aromatic carbocycles. The maximum Gasteiger partial charge on any atom is 0.524 e. The van der Waals surface area contributed by atoms with E-state index in [9.17, 15) is 52.7 Å². The number of benzene rings is 2. The van der Waals surface area contributed by atoms with Crippen LogP contribution in [0.1, 0.15) is 101 Å². The lowest BCUT2D eigenvalue weighted by molar-refractivity contribution is -0.118. The average molecular weight is 1720 g/mol. The van der Waals surface area contributed by atoms with E-state index in [0.29, 0.717) is 99.9 Å². The Morgan fingerprint density at radius 3 is 1.23 bits per heavy atom. The van der Waals surface area contributed by atoms with Crippen LogP contribution in [-0.4, -0.2) is 145 Å². The molecular formula is C83H108N21O18P. The van der Waals surface area contributed by atoms with Gasteiger partial charge in [-0.1, -0.05) is 95.5 Å². The Kier molecular flexibility index (Phi) is 47.9. The molecular weight excluding hydrogens is 1610 g/mol. The molecule has 123 heavy (non-hydrogen) atoms. The molecule has 0 fully saturated rings. The molecule has 0 radical (unpaired) electrons. The number of hydrogen-bond acceptors (Lipinski definition) is 29. The Morgan fingerprint density at radius 2 is 0.805 bits per heavy atom. The number of nitrogens with zero attached hydrogens (tertiary/aromatic N) is 8. The minimum Gasteiger partial charge on any atom is -0.453 e. The van der Waals surface area contributed by atoms with Gasteiger partial charge in [0.15, 0.2) is 0 Å². The van der Waals surface area contributed by atoms with E-state index in [2.05, 4.69) is 96.6 Å². The van der Waals surface area contributed by atoms with Gasteiger partial charge in [-0.3, -0.25) is 91.1 Å². The number of phosphoric acid groups is 1. The second-order valence-electron chi connectivity index (χ2n) is 26.0. The first-order chi connectivity index (χ1) is 58.7. The third-order valence-corrected chi connectivity index (χ3v) is 15.9. The molecule has 8 heterocycles. The molecule has 0 aliphatic rings. The second-order valence-corrected chi connectivity index (χ2v) is 27.2. The summed E-state index contributed by atoms with van der Waals surface area (Å²) in [4.78, 5) is 139. The van der Waals surface area contributed by atoms with Crippen LogP contribution < -0.4 is 75.7 Å². The number of pyridine rings is 8. The maximum atomic E-state index is 12.5. The van der Waals surface area contributed by atoms with Gasteiger partial charge in [0.05, 0.1) is 117 Å². The quantitative estimate of drug-likeness (QED) is 0.0152. The van der Waals surface area contributed by atoms with Crippen molar-refractivity contribution in [3.63, 3.8) is 0 Å². The number of aromatic nitrogens is 8. The molecule has 658 valence electrons. The Labute approximate surface area is 712 Å². The fraction of sp³-hybridized carbons (Fsp3) is 0.277. The van der Waals surface area contributed by atoms with Crippen molar-refractivity contribution in [3.05, 3.63) is 236 Å². The van der Waals surface area contributed by atoms with Crippen molar-refractivity contribution in [1.82, 2.24) is 39.9 Å². The molecule has 0 saturated carbocycles. The molecule has 0 unspecified atom stereocenters. The van der Waals surface area contributed by atoms with Crippen LogP contribution in [0.15, 0.2) is 208 Å². The summed E-state index contributed by atoms with van der Waals surface area (Å²) < 4.78 is 44.2. The van der Waals surface area contributed by atoms with Crippen molar-refractivity contribution < 1.29 is 85.7 Å². The van der Waals surface area contributed by atoms with E-state index in [1.54, 1.807) is 148 Å². The van der Waals surface area contributed by atoms with Gasteiger partial charge in [0, 0.05) is 115 Å². The van der Waals surface area contributed by atoms with Gasteiger partial charge in [0.2, 0.25) is 11.8 Å². The molecule has 0 bridgehead atoms. The molecule has 8 aromatic heterocycles. The van der Waals surface area contributed by atoms with Crippen molar-refractivity contribution in [1.29, 1.82) is 0 Å². The first kappa shape index (κ1) is 102. The largest absolute Gasteiger partial charge is 0.524 e. The van der Waals surface area contributed by atoms with E-state index < -0.39 is 55.8 Å². The normalized spacial score (nSPS) is 10.3. The number of carbonyl (C=O) groups excluding carboxylic acids is 8. The number of rotatable bonds is 24. The van der Waals surface area contributed by atoms with Gasteiger partial charge in [-0.05, 0) is 130 Å². The van der Waals surface area contributed by atoms with Crippen LogP contribution in [0.5, 0.6) is 5.75 Å². The van der Waals surface area contributed by atoms with Crippen LogP contribution in [0.25, 0.3) is 0 Å². The number of nitrogens with two attached hydrogens (primary N) is 5. The highest BCUT2D eigenvalue weighted by molar-refractivity contribution is 7.46. The highest BCUT2D eigenvalue weighted by atomic mass is 31.2. The lowest BCUT2D eigenvalue weighted by atomic mass is 9.79. The predicted molar refractivity (Wildman–Crippen MR) is 471 cm³/mol. The van der Waals surface area contributed by atoms with Crippen LogP contribution in [0.2, 0.25) is 0 Å². The second kappa shape index (κ2) is 57.4. The monoisotopic (exact) mass is 1720 g/mol. The van der Waals surface area contributed by atoms with Crippen molar-refractivity contribution in [2.24, 2.45) is 5.73 Å². The summed E-state index contributed by atoms with van der Waals surface area (Å²) in [7, 11) is -0.825. The number of anilines is 12. The van der Waals surface area contributed by atoms with E-state index in [4.69, 9.17) is 47.4 Å². The van der Waals surface area contributed by atoms with E-state index in [-0.39, 0.29) is 24.0 Å². The molecule has 20 N–H and O–H groups in total. The Hall–Kier alpha value is -14.7. The van der Waals surface area contributed by atoms with Crippen LogP contribution >= 0.6 is 7.82 Å². The van der Waals surface area contributed by atoms with E-state index in [1.165, 1.54) is 58.5 Å². The fourth-order valence-electron chi connectivity index (χ4n) is 9.30. The fourth-order valence-corrected chi connectivity index (χ4v) is 9.78. The van der Waals surface area contributed by atoms with Gasteiger partial charge in [-0.2, -0.15) is 0 Å². The van der Waals surface area contributed by atoms with Crippen LogP contribution in [0.3, 0.4) is 0 Å². The summed E-state index contributed by atoms with van der Waals surface area (Å²) in [5.41, 5.74) is 38.0. The molecule has 1 atom stereocenters. The van der Waals surface area contributed by atoms with Gasteiger partial charge >= 0.3 is 44.4 Å². The smallest absolute Gasteiger partial charge is 0.453 e. The molecule has 8 amide bonds. The molecule has 0 spiro atoms. The van der Waals surface area contributed by atoms with Crippen LogP contribution in [0, 0.1) is 20.8 Å². The van der Waals surface area contributed by atoms with Crippen LogP contribution in [-0.2, 0) is 54.4 Å². The van der Waals surface area contributed by atoms with Gasteiger partial charge in [0.25, 0.3) is 0 Å². The first-order valence-electron chi connectivity index (χ1n) is 37.8. The predicted octanol–water partition coefficient (Wildman–Crippen LogP) is 14.4. The molecule has 39 nitrogen and oxygen atoms in total. The summed E-state index contributed by atoms with van der Waals surface area (Å²) in [6, 6.07) is 31.1.